The fourth-order valence-electron chi connectivity index (χ4n) is 2.45. The van der Waals surface area contributed by atoms with Gasteiger partial charge in [0, 0.05) is 18.6 Å². The van der Waals surface area contributed by atoms with Crippen LogP contribution in [0, 0.1) is 0 Å². The summed E-state index contributed by atoms with van der Waals surface area (Å²) in [4.78, 5) is 17.4. The van der Waals surface area contributed by atoms with Gasteiger partial charge in [0.2, 0.25) is 0 Å². The summed E-state index contributed by atoms with van der Waals surface area (Å²) in [6, 6.07) is 7.82. The highest BCUT2D eigenvalue weighted by atomic mass is 32.2. The predicted molar refractivity (Wildman–Crippen MR) is 90.9 cm³/mol. The number of carbonyl (C=O) groups is 1. The van der Waals surface area contributed by atoms with Gasteiger partial charge in [0.15, 0.2) is 6.29 Å². The summed E-state index contributed by atoms with van der Waals surface area (Å²) >= 11 is 3.96. The largest absolute Gasteiger partial charge is 0.350 e. The maximum Gasteiger partial charge on any atom is 0.274 e. The second-order valence-electron chi connectivity index (χ2n) is 5.39. The van der Waals surface area contributed by atoms with Crippen molar-refractivity contribution in [3.63, 3.8) is 0 Å². The van der Waals surface area contributed by atoms with E-state index in [-0.39, 0.29) is 12.2 Å². The van der Waals surface area contributed by atoms with E-state index < -0.39 is 0 Å². The van der Waals surface area contributed by atoms with Crippen LogP contribution in [0.1, 0.15) is 46.2 Å². The third-order valence-electron chi connectivity index (χ3n) is 3.69. The average Bonchev–Trinajstić information content (AvgIpc) is 2.61. The van der Waals surface area contributed by atoms with Crippen molar-refractivity contribution in [3.05, 3.63) is 35.4 Å². The van der Waals surface area contributed by atoms with E-state index in [0.717, 1.165) is 19.3 Å². The van der Waals surface area contributed by atoms with Gasteiger partial charge < -0.3 is 4.74 Å². The normalized spacial score (nSPS) is 23.2. The molecule has 4 nitrogen and oxygen atoms in total. The van der Waals surface area contributed by atoms with E-state index >= 15 is 0 Å². The first-order valence-corrected chi connectivity index (χ1v) is 9.83. The van der Waals surface area contributed by atoms with Crippen LogP contribution in [0.3, 0.4) is 0 Å². The van der Waals surface area contributed by atoms with Crippen LogP contribution < -0.4 is 5.48 Å². The first-order chi connectivity index (χ1) is 10.8. The van der Waals surface area contributed by atoms with Gasteiger partial charge in [-0.1, -0.05) is 12.1 Å². The monoisotopic (exact) mass is 339 g/mol. The number of benzene rings is 1. The molecule has 0 saturated carbocycles. The Labute approximate surface area is 139 Å². The molecule has 2 aliphatic heterocycles. The van der Waals surface area contributed by atoms with Crippen LogP contribution in [0.15, 0.2) is 24.3 Å². The first kappa shape index (κ1) is 16.2. The topological polar surface area (TPSA) is 47.6 Å². The quantitative estimate of drug-likeness (QED) is 0.847. The molecule has 1 aromatic rings. The molecule has 22 heavy (non-hydrogen) atoms. The van der Waals surface area contributed by atoms with Crippen molar-refractivity contribution in [1.29, 1.82) is 0 Å². The van der Waals surface area contributed by atoms with Gasteiger partial charge in [0.25, 0.3) is 5.91 Å². The molecule has 0 radical (unpaired) electrons. The first-order valence-electron chi connectivity index (χ1n) is 7.74. The fourth-order valence-corrected chi connectivity index (χ4v) is 5.35. The zero-order chi connectivity index (χ0) is 15.2. The number of hydrogen-bond acceptors (Lipinski definition) is 5. The summed E-state index contributed by atoms with van der Waals surface area (Å²) in [7, 11) is 0. The summed E-state index contributed by atoms with van der Waals surface area (Å²) in [6.07, 6.45) is 3.94. The molecule has 0 aliphatic carbocycles. The highest BCUT2D eigenvalue weighted by Crippen LogP contribution is 2.43. The van der Waals surface area contributed by atoms with Crippen molar-refractivity contribution in [1.82, 2.24) is 5.48 Å². The van der Waals surface area contributed by atoms with E-state index in [1.807, 2.05) is 47.8 Å². The Morgan fingerprint density at radius 1 is 1.14 bits per heavy atom. The van der Waals surface area contributed by atoms with Gasteiger partial charge in [-0.2, -0.15) is 0 Å². The molecular weight excluding hydrogens is 318 g/mol. The lowest BCUT2D eigenvalue weighted by molar-refractivity contribution is -0.186. The molecule has 1 aromatic carbocycles. The highest BCUT2D eigenvalue weighted by Gasteiger charge is 2.18. The van der Waals surface area contributed by atoms with Crippen molar-refractivity contribution in [2.75, 3.05) is 18.1 Å². The third-order valence-corrected chi connectivity index (χ3v) is 6.71. The minimum Gasteiger partial charge on any atom is -0.350 e. The lowest BCUT2D eigenvalue weighted by atomic mass is 10.1. The van der Waals surface area contributed by atoms with Crippen LogP contribution in [0.5, 0.6) is 0 Å². The zero-order valence-corrected chi connectivity index (χ0v) is 14.1. The molecule has 2 aliphatic rings. The summed E-state index contributed by atoms with van der Waals surface area (Å²) in [5, 5.41) is 0. The molecule has 0 spiro atoms. The molecule has 2 fully saturated rings. The van der Waals surface area contributed by atoms with Crippen molar-refractivity contribution in [2.24, 2.45) is 0 Å². The maximum atomic E-state index is 12.1. The summed E-state index contributed by atoms with van der Waals surface area (Å²) < 4.78 is 5.92. The van der Waals surface area contributed by atoms with Crippen LogP contribution in [-0.4, -0.2) is 30.3 Å². The minimum atomic E-state index is -0.313. The second kappa shape index (κ2) is 8.24. The average molecular weight is 339 g/mol. The number of ether oxygens (including phenoxy) is 1. The molecule has 0 bridgehead atoms. The lowest BCUT2D eigenvalue weighted by Gasteiger charge is -2.22. The molecule has 120 valence electrons. The Hall–Kier alpha value is -0.690. The van der Waals surface area contributed by atoms with Gasteiger partial charge in [0.05, 0.1) is 4.58 Å². The number of amides is 1. The van der Waals surface area contributed by atoms with Gasteiger partial charge in [-0.05, 0) is 48.5 Å². The summed E-state index contributed by atoms with van der Waals surface area (Å²) in [5.41, 5.74) is 4.39. The van der Waals surface area contributed by atoms with E-state index in [4.69, 9.17) is 9.57 Å². The van der Waals surface area contributed by atoms with Crippen LogP contribution in [0.2, 0.25) is 0 Å². The zero-order valence-electron chi connectivity index (χ0n) is 12.5. The number of rotatable bonds is 4. The number of hydrogen-bond donors (Lipinski definition) is 1. The Balaban J connectivity index is 1.51. The molecule has 1 unspecified atom stereocenters. The van der Waals surface area contributed by atoms with E-state index in [1.165, 1.54) is 23.5 Å². The van der Waals surface area contributed by atoms with Gasteiger partial charge >= 0.3 is 0 Å². The number of hydroxylamine groups is 1. The molecule has 6 heteroatoms. The van der Waals surface area contributed by atoms with Crippen LogP contribution >= 0.6 is 23.5 Å². The molecular formula is C16H21NO3S2. The van der Waals surface area contributed by atoms with E-state index in [9.17, 15) is 4.79 Å². The number of thioether (sulfide) groups is 2. The molecule has 1 amide bonds. The summed E-state index contributed by atoms with van der Waals surface area (Å²) in [5.74, 6) is 2.22. The molecule has 2 heterocycles. The van der Waals surface area contributed by atoms with Crippen LogP contribution in [0.25, 0.3) is 0 Å². The van der Waals surface area contributed by atoms with Gasteiger partial charge in [-0.15, -0.1) is 23.5 Å². The number of nitrogens with one attached hydrogen (secondary N) is 1. The van der Waals surface area contributed by atoms with E-state index in [2.05, 4.69) is 5.48 Å². The molecule has 0 aromatic heterocycles. The van der Waals surface area contributed by atoms with Crippen molar-refractivity contribution in [2.45, 2.75) is 36.6 Å². The van der Waals surface area contributed by atoms with Crippen LogP contribution in [0.4, 0.5) is 0 Å². The fraction of sp³-hybridized carbons (Fsp3) is 0.562. The Kier molecular flexibility index (Phi) is 6.06. The number of carbonyl (C=O) groups excluding carboxylic acids is 1. The lowest BCUT2D eigenvalue weighted by Crippen LogP contribution is -2.33. The SMILES string of the molecule is O=C(NOC1CCCCO1)c1ccc(C2SCCCS2)cc1. The predicted octanol–water partition coefficient (Wildman–Crippen LogP) is 3.74. The second-order valence-corrected chi connectivity index (χ2v) is 8.12. The Bertz CT molecular complexity index is 483. The van der Waals surface area contributed by atoms with Gasteiger partial charge in [-0.3, -0.25) is 4.79 Å². The summed E-state index contributed by atoms with van der Waals surface area (Å²) in [6.45, 7) is 0.700. The van der Waals surface area contributed by atoms with Crippen LogP contribution in [-0.2, 0) is 9.57 Å². The molecule has 3 rings (SSSR count). The Morgan fingerprint density at radius 2 is 1.91 bits per heavy atom. The highest BCUT2D eigenvalue weighted by molar-refractivity contribution is 8.16. The standard InChI is InChI=1S/C16H21NO3S2/c18-15(17-20-14-4-1-2-9-19-14)12-5-7-13(8-6-12)16-21-10-3-11-22-16/h5-8,14,16H,1-4,9-11H2,(H,17,18). The van der Waals surface area contributed by atoms with E-state index in [0.29, 0.717) is 16.8 Å². The molecule has 1 atom stereocenters. The maximum absolute atomic E-state index is 12.1. The van der Waals surface area contributed by atoms with Crippen molar-refractivity contribution in [3.8, 4) is 0 Å². The third kappa shape index (κ3) is 4.41. The Morgan fingerprint density at radius 3 is 2.59 bits per heavy atom. The van der Waals surface area contributed by atoms with Crippen molar-refractivity contribution >= 4 is 29.4 Å². The van der Waals surface area contributed by atoms with Gasteiger partial charge in [0.1, 0.15) is 0 Å². The molecule has 2 saturated heterocycles. The van der Waals surface area contributed by atoms with Gasteiger partial charge in [-0.25, -0.2) is 10.3 Å². The smallest absolute Gasteiger partial charge is 0.274 e. The van der Waals surface area contributed by atoms with Crippen molar-refractivity contribution < 1.29 is 14.4 Å². The minimum absolute atomic E-state index is 0.218. The molecule has 1 N–H and O–H groups in total. The van der Waals surface area contributed by atoms with E-state index in [1.54, 1.807) is 0 Å².